The van der Waals surface area contributed by atoms with Crippen LogP contribution in [-0.2, 0) is 11.3 Å². The summed E-state index contributed by atoms with van der Waals surface area (Å²) in [6, 6.07) is 30.8. The maximum Gasteiger partial charge on any atom is 0.245 e. The van der Waals surface area contributed by atoms with Gasteiger partial charge in [0.1, 0.15) is 0 Å². The molecule has 1 aliphatic heterocycles. The standard InChI is InChI=1S/C26H29N3O/c1-27(25-17-18-28(20-25)19-22-11-5-2-6-12-22)21-26(30)29(23-13-7-3-8-14-23)24-15-9-4-10-16-24/h2-16,25H,17-21H2,1H3/t25-/m1/s1. The lowest BCUT2D eigenvalue weighted by Gasteiger charge is -2.29. The number of carbonyl (C=O) groups is 1. The lowest BCUT2D eigenvalue weighted by Crippen LogP contribution is -2.42. The average Bonchev–Trinajstić information content (AvgIpc) is 3.25. The van der Waals surface area contributed by atoms with Crippen LogP contribution in [0.25, 0.3) is 0 Å². The quantitative estimate of drug-likeness (QED) is 0.583. The molecule has 1 atom stereocenters. The minimum atomic E-state index is 0.0939. The third kappa shape index (κ3) is 4.96. The Kier molecular flexibility index (Phi) is 6.57. The van der Waals surface area contributed by atoms with Crippen LogP contribution in [0.1, 0.15) is 12.0 Å². The molecule has 3 aromatic rings. The molecule has 0 unspecified atom stereocenters. The number of hydrogen-bond acceptors (Lipinski definition) is 3. The van der Waals surface area contributed by atoms with Crippen LogP contribution in [0.2, 0.25) is 0 Å². The summed E-state index contributed by atoms with van der Waals surface area (Å²) >= 11 is 0. The molecule has 1 amide bonds. The van der Waals surface area contributed by atoms with E-state index in [4.69, 9.17) is 0 Å². The molecule has 30 heavy (non-hydrogen) atoms. The van der Waals surface area contributed by atoms with E-state index in [1.54, 1.807) is 0 Å². The number of rotatable bonds is 7. The number of amides is 1. The lowest BCUT2D eigenvalue weighted by molar-refractivity contribution is -0.119. The van der Waals surface area contributed by atoms with Gasteiger partial charge >= 0.3 is 0 Å². The largest absolute Gasteiger partial charge is 0.297 e. The van der Waals surface area contributed by atoms with Crippen LogP contribution in [0.4, 0.5) is 11.4 Å². The molecule has 154 valence electrons. The first-order valence-electron chi connectivity index (χ1n) is 10.6. The maximum absolute atomic E-state index is 13.4. The summed E-state index contributed by atoms with van der Waals surface area (Å²) in [5.74, 6) is 0.0939. The van der Waals surface area contributed by atoms with Crippen molar-refractivity contribution in [3.63, 3.8) is 0 Å². The molecular weight excluding hydrogens is 370 g/mol. The van der Waals surface area contributed by atoms with Crippen molar-refractivity contribution in [2.24, 2.45) is 0 Å². The fourth-order valence-corrected chi connectivity index (χ4v) is 4.16. The van der Waals surface area contributed by atoms with Crippen molar-refractivity contribution >= 4 is 17.3 Å². The van der Waals surface area contributed by atoms with Crippen molar-refractivity contribution in [2.75, 3.05) is 31.6 Å². The van der Waals surface area contributed by atoms with Crippen LogP contribution in [0.5, 0.6) is 0 Å². The highest BCUT2D eigenvalue weighted by molar-refractivity contribution is 6.01. The van der Waals surface area contributed by atoms with Gasteiger partial charge in [-0.15, -0.1) is 0 Å². The number of para-hydroxylation sites is 2. The van der Waals surface area contributed by atoms with Gasteiger partial charge in [-0.25, -0.2) is 0 Å². The minimum Gasteiger partial charge on any atom is -0.297 e. The molecule has 1 heterocycles. The van der Waals surface area contributed by atoms with Crippen molar-refractivity contribution < 1.29 is 4.79 Å². The molecule has 1 saturated heterocycles. The highest BCUT2D eigenvalue weighted by Gasteiger charge is 2.28. The van der Waals surface area contributed by atoms with Gasteiger partial charge in [0.15, 0.2) is 0 Å². The summed E-state index contributed by atoms with van der Waals surface area (Å²) in [6.45, 7) is 3.43. The van der Waals surface area contributed by atoms with Gasteiger partial charge in [0, 0.05) is 37.1 Å². The van der Waals surface area contributed by atoms with E-state index in [9.17, 15) is 4.79 Å². The normalized spacial score (nSPS) is 16.7. The number of nitrogens with zero attached hydrogens (tertiary/aromatic N) is 3. The predicted octanol–water partition coefficient (Wildman–Crippen LogP) is 4.56. The maximum atomic E-state index is 13.4. The second-order valence-electron chi connectivity index (χ2n) is 7.98. The summed E-state index contributed by atoms with van der Waals surface area (Å²) in [5.41, 5.74) is 3.15. The van der Waals surface area contributed by atoms with E-state index in [-0.39, 0.29) is 5.91 Å². The Labute approximate surface area is 179 Å². The zero-order valence-corrected chi connectivity index (χ0v) is 17.5. The van der Waals surface area contributed by atoms with Crippen LogP contribution < -0.4 is 4.90 Å². The Balaban J connectivity index is 1.41. The molecule has 0 spiro atoms. The Morgan fingerprint density at radius 1 is 0.867 bits per heavy atom. The second-order valence-corrected chi connectivity index (χ2v) is 7.98. The second kappa shape index (κ2) is 9.70. The fourth-order valence-electron chi connectivity index (χ4n) is 4.16. The summed E-state index contributed by atoms with van der Waals surface area (Å²) < 4.78 is 0. The number of hydrogen-bond donors (Lipinski definition) is 0. The summed E-state index contributed by atoms with van der Waals surface area (Å²) in [4.78, 5) is 19.9. The molecular formula is C26H29N3O. The summed E-state index contributed by atoms with van der Waals surface area (Å²) in [5, 5.41) is 0. The topological polar surface area (TPSA) is 26.8 Å². The van der Waals surface area contributed by atoms with Crippen molar-refractivity contribution in [3.05, 3.63) is 96.6 Å². The smallest absolute Gasteiger partial charge is 0.245 e. The number of likely N-dealkylation sites (N-methyl/N-ethyl adjacent to an activating group) is 1. The predicted molar refractivity (Wildman–Crippen MR) is 123 cm³/mol. The van der Waals surface area contributed by atoms with Crippen LogP contribution in [0.3, 0.4) is 0 Å². The Morgan fingerprint density at radius 3 is 1.97 bits per heavy atom. The van der Waals surface area contributed by atoms with Crippen molar-refractivity contribution in [2.45, 2.75) is 19.0 Å². The first-order chi connectivity index (χ1) is 14.7. The zero-order valence-electron chi connectivity index (χ0n) is 17.5. The summed E-state index contributed by atoms with van der Waals surface area (Å²) in [7, 11) is 2.07. The van der Waals surface area contributed by atoms with E-state index >= 15 is 0 Å². The van der Waals surface area contributed by atoms with Crippen molar-refractivity contribution in [1.82, 2.24) is 9.80 Å². The van der Waals surface area contributed by atoms with Gasteiger partial charge in [0.05, 0.1) is 6.54 Å². The van der Waals surface area contributed by atoms with E-state index in [1.807, 2.05) is 65.6 Å². The van der Waals surface area contributed by atoms with Gasteiger partial charge in [-0.2, -0.15) is 0 Å². The van der Waals surface area contributed by atoms with E-state index in [2.05, 4.69) is 47.2 Å². The Morgan fingerprint density at radius 2 is 1.40 bits per heavy atom. The summed E-state index contributed by atoms with van der Waals surface area (Å²) in [6.07, 6.45) is 1.09. The van der Waals surface area contributed by atoms with E-state index in [0.29, 0.717) is 12.6 Å². The molecule has 4 nitrogen and oxygen atoms in total. The SMILES string of the molecule is CN(CC(=O)N(c1ccccc1)c1ccccc1)[C@@H]1CCN(Cc2ccccc2)C1. The number of carbonyl (C=O) groups excluding carboxylic acids is 1. The van der Waals surface area contributed by atoms with Crippen LogP contribution in [0, 0.1) is 0 Å². The molecule has 0 aromatic heterocycles. The number of anilines is 2. The van der Waals surface area contributed by atoms with Gasteiger partial charge < -0.3 is 0 Å². The fraction of sp³-hybridized carbons (Fsp3) is 0.269. The lowest BCUT2D eigenvalue weighted by atomic mass is 10.2. The van der Waals surface area contributed by atoms with Crippen molar-refractivity contribution in [3.8, 4) is 0 Å². The van der Waals surface area contributed by atoms with Crippen molar-refractivity contribution in [1.29, 1.82) is 0 Å². The van der Waals surface area contributed by atoms with Gasteiger partial charge in [-0.05, 0) is 43.3 Å². The Bertz CT molecular complexity index is 891. The van der Waals surface area contributed by atoms with Gasteiger partial charge in [-0.3, -0.25) is 19.5 Å². The molecule has 0 radical (unpaired) electrons. The average molecular weight is 400 g/mol. The zero-order chi connectivity index (χ0) is 20.8. The monoisotopic (exact) mass is 399 g/mol. The first kappa shape index (κ1) is 20.3. The molecule has 1 aliphatic rings. The molecule has 3 aromatic carbocycles. The third-order valence-corrected chi connectivity index (χ3v) is 5.78. The molecule has 0 N–H and O–H groups in total. The molecule has 1 fully saturated rings. The highest BCUT2D eigenvalue weighted by atomic mass is 16.2. The Hall–Kier alpha value is -2.95. The third-order valence-electron chi connectivity index (χ3n) is 5.78. The minimum absolute atomic E-state index is 0.0939. The number of benzene rings is 3. The molecule has 4 rings (SSSR count). The van der Waals surface area contributed by atoms with Gasteiger partial charge in [0.25, 0.3) is 0 Å². The van der Waals surface area contributed by atoms with E-state index in [0.717, 1.165) is 37.4 Å². The molecule has 0 saturated carbocycles. The van der Waals surface area contributed by atoms with E-state index in [1.165, 1.54) is 5.56 Å². The van der Waals surface area contributed by atoms with Gasteiger partial charge in [0.2, 0.25) is 5.91 Å². The number of likely N-dealkylation sites (tertiary alicyclic amines) is 1. The molecule has 0 aliphatic carbocycles. The highest BCUT2D eigenvalue weighted by Crippen LogP contribution is 2.26. The first-order valence-corrected chi connectivity index (χ1v) is 10.6. The van der Waals surface area contributed by atoms with Gasteiger partial charge in [-0.1, -0.05) is 66.7 Å². The van der Waals surface area contributed by atoms with Crippen LogP contribution >= 0.6 is 0 Å². The molecule has 4 heteroatoms. The van der Waals surface area contributed by atoms with E-state index < -0.39 is 0 Å². The van der Waals surface area contributed by atoms with Crippen LogP contribution in [0.15, 0.2) is 91.0 Å². The molecule has 0 bridgehead atoms. The van der Waals surface area contributed by atoms with Crippen LogP contribution in [-0.4, -0.2) is 48.4 Å².